The Balaban J connectivity index is 2.23. The standard InChI is InChI=1S/C18H25NO4/c1-12(10-16(20)21)13-7-8-15-14(11-13)6-5-9-19(15)17(22)23-18(2,3)4/h7-8,11-12H,5-6,9-10H2,1-4H3,(H,20,21)/t12-/m1/s1. The summed E-state index contributed by atoms with van der Waals surface area (Å²) >= 11 is 0. The van der Waals surface area contributed by atoms with Gasteiger partial charge in [-0.05, 0) is 56.7 Å². The van der Waals surface area contributed by atoms with Gasteiger partial charge in [0.1, 0.15) is 5.60 Å². The topological polar surface area (TPSA) is 66.8 Å². The number of nitrogens with zero attached hydrogens (tertiary/aromatic N) is 1. The summed E-state index contributed by atoms with van der Waals surface area (Å²) in [6.07, 6.45) is 1.55. The van der Waals surface area contributed by atoms with Gasteiger partial charge in [-0.25, -0.2) is 4.79 Å². The van der Waals surface area contributed by atoms with Gasteiger partial charge in [-0.2, -0.15) is 0 Å². The lowest BCUT2D eigenvalue weighted by atomic mass is 9.92. The zero-order valence-corrected chi connectivity index (χ0v) is 14.3. The SMILES string of the molecule is C[C@H](CC(=O)O)c1ccc2c(c1)CCCN2C(=O)OC(C)(C)C. The van der Waals surface area contributed by atoms with Crippen molar-refractivity contribution in [2.24, 2.45) is 0 Å². The van der Waals surface area contributed by atoms with Gasteiger partial charge in [-0.1, -0.05) is 19.1 Å². The van der Waals surface area contributed by atoms with Gasteiger partial charge in [-0.3, -0.25) is 9.69 Å². The van der Waals surface area contributed by atoms with Gasteiger partial charge in [0.25, 0.3) is 0 Å². The number of carbonyl (C=O) groups is 2. The highest BCUT2D eigenvalue weighted by atomic mass is 16.6. The Labute approximate surface area is 137 Å². The molecular formula is C18H25NO4. The van der Waals surface area contributed by atoms with Crippen molar-refractivity contribution in [1.82, 2.24) is 0 Å². The molecule has 0 unspecified atom stereocenters. The fourth-order valence-corrected chi connectivity index (χ4v) is 2.81. The summed E-state index contributed by atoms with van der Waals surface area (Å²) in [7, 11) is 0. The Hall–Kier alpha value is -2.04. The minimum atomic E-state index is -0.800. The molecule has 2 rings (SSSR count). The van der Waals surface area contributed by atoms with Crippen molar-refractivity contribution in [3.63, 3.8) is 0 Å². The van der Waals surface area contributed by atoms with Gasteiger partial charge in [-0.15, -0.1) is 0 Å². The molecule has 0 saturated heterocycles. The molecule has 0 fully saturated rings. The molecule has 1 heterocycles. The number of rotatable bonds is 3. The summed E-state index contributed by atoms with van der Waals surface area (Å²) in [4.78, 5) is 24.9. The number of benzene rings is 1. The monoisotopic (exact) mass is 319 g/mol. The first-order valence-electron chi connectivity index (χ1n) is 8.02. The van der Waals surface area contributed by atoms with Crippen molar-refractivity contribution in [3.8, 4) is 0 Å². The van der Waals surface area contributed by atoms with Crippen molar-refractivity contribution in [1.29, 1.82) is 0 Å². The number of aliphatic carboxylic acids is 1. The van der Waals surface area contributed by atoms with E-state index < -0.39 is 11.6 Å². The van der Waals surface area contributed by atoms with Crippen LogP contribution in [-0.4, -0.2) is 29.3 Å². The van der Waals surface area contributed by atoms with E-state index >= 15 is 0 Å². The predicted octanol–water partition coefficient (Wildman–Crippen LogP) is 3.95. The van der Waals surface area contributed by atoms with E-state index in [1.54, 1.807) is 4.90 Å². The second kappa shape index (κ2) is 6.60. The third-order valence-corrected chi connectivity index (χ3v) is 3.89. The largest absolute Gasteiger partial charge is 0.481 e. The molecule has 126 valence electrons. The summed E-state index contributed by atoms with van der Waals surface area (Å²) in [6, 6.07) is 5.85. The van der Waals surface area contributed by atoms with Crippen LogP contribution in [0, 0.1) is 0 Å². The first kappa shape index (κ1) is 17.3. The molecule has 1 aromatic rings. The highest BCUT2D eigenvalue weighted by Gasteiger charge is 2.27. The Bertz CT molecular complexity index is 604. The van der Waals surface area contributed by atoms with Crippen molar-refractivity contribution in [2.45, 2.75) is 58.5 Å². The lowest BCUT2D eigenvalue weighted by Gasteiger charge is -2.32. The lowest BCUT2D eigenvalue weighted by molar-refractivity contribution is -0.137. The van der Waals surface area contributed by atoms with E-state index in [0.29, 0.717) is 6.54 Å². The summed E-state index contributed by atoms with van der Waals surface area (Å²) in [5.41, 5.74) is 2.43. The summed E-state index contributed by atoms with van der Waals surface area (Å²) < 4.78 is 5.47. The molecule has 1 amide bonds. The van der Waals surface area contributed by atoms with Crippen LogP contribution in [0.25, 0.3) is 0 Å². The molecule has 1 aliphatic heterocycles. The van der Waals surface area contributed by atoms with Crippen molar-refractivity contribution in [2.75, 3.05) is 11.4 Å². The number of fused-ring (bicyclic) bond motifs is 1. The summed E-state index contributed by atoms with van der Waals surface area (Å²) in [6.45, 7) is 8.11. The van der Waals surface area contributed by atoms with Crippen LogP contribution in [0.15, 0.2) is 18.2 Å². The molecule has 0 bridgehead atoms. The number of carbonyl (C=O) groups excluding carboxylic acids is 1. The minimum Gasteiger partial charge on any atom is -0.481 e. The van der Waals surface area contributed by atoms with Gasteiger partial charge in [0, 0.05) is 6.54 Å². The Kier molecular flexibility index (Phi) is 4.97. The predicted molar refractivity (Wildman–Crippen MR) is 89.0 cm³/mol. The van der Waals surface area contributed by atoms with Gasteiger partial charge in [0.05, 0.1) is 12.1 Å². The minimum absolute atomic E-state index is 0.0466. The van der Waals surface area contributed by atoms with E-state index in [1.807, 2.05) is 45.9 Å². The van der Waals surface area contributed by atoms with Crippen LogP contribution in [0.1, 0.15) is 57.6 Å². The van der Waals surface area contributed by atoms with E-state index in [-0.39, 0.29) is 18.4 Å². The molecule has 1 aromatic carbocycles. The molecule has 1 aliphatic rings. The van der Waals surface area contributed by atoms with E-state index in [4.69, 9.17) is 9.84 Å². The number of ether oxygens (including phenoxy) is 1. The number of anilines is 1. The first-order valence-corrected chi connectivity index (χ1v) is 8.02. The molecule has 0 saturated carbocycles. The smallest absolute Gasteiger partial charge is 0.414 e. The van der Waals surface area contributed by atoms with Crippen molar-refractivity contribution < 1.29 is 19.4 Å². The number of carboxylic acid groups (broad SMARTS) is 1. The van der Waals surface area contributed by atoms with E-state index in [2.05, 4.69) is 0 Å². The molecule has 1 atom stereocenters. The van der Waals surface area contributed by atoms with Crippen LogP contribution in [-0.2, 0) is 16.0 Å². The van der Waals surface area contributed by atoms with Crippen LogP contribution >= 0.6 is 0 Å². The van der Waals surface area contributed by atoms with Crippen LogP contribution in [0.3, 0.4) is 0 Å². The van der Waals surface area contributed by atoms with Crippen molar-refractivity contribution in [3.05, 3.63) is 29.3 Å². The first-order chi connectivity index (χ1) is 10.7. The number of amides is 1. The Morgan fingerprint density at radius 1 is 1.35 bits per heavy atom. The molecule has 0 spiro atoms. The second-order valence-electron chi connectivity index (χ2n) is 7.12. The Morgan fingerprint density at radius 3 is 2.65 bits per heavy atom. The third kappa shape index (κ3) is 4.47. The summed E-state index contributed by atoms with van der Waals surface area (Å²) in [5, 5.41) is 8.94. The number of carboxylic acids is 1. The highest BCUT2D eigenvalue weighted by Crippen LogP contribution is 2.32. The Morgan fingerprint density at radius 2 is 2.04 bits per heavy atom. The highest BCUT2D eigenvalue weighted by molar-refractivity contribution is 5.89. The zero-order chi connectivity index (χ0) is 17.2. The average molecular weight is 319 g/mol. The fourth-order valence-electron chi connectivity index (χ4n) is 2.81. The fraction of sp³-hybridized carbons (Fsp3) is 0.556. The number of hydrogen-bond acceptors (Lipinski definition) is 3. The van der Waals surface area contributed by atoms with Crippen molar-refractivity contribution >= 4 is 17.7 Å². The van der Waals surface area contributed by atoms with Crippen LogP contribution < -0.4 is 4.90 Å². The lowest BCUT2D eigenvalue weighted by Crippen LogP contribution is -2.39. The van der Waals surface area contributed by atoms with E-state index in [0.717, 1.165) is 29.7 Å². The normalized spacial score (nSPS) is 15.7. The molecule has 0 aliphatic carbocycles. The van der Waals surface area contributed by atoms with E-state index in [1.165, 1.54) is 0 Å². The molecule has 0 radical (unpaired) electrons. The average Bonchev–Trinajstić information content (AvgIpc) is 2.43. The maximum atomic E-state index is 12.4. The maximum absolute atomic E-state index is 12.4. The summed E-state index contributed by atoms with van der Waals surface area (Å²) in [5.74, 6) is -0.847. The number of hydrogen-bond donors (Lipinski definition) is 1. The van der Waals surface area contributed by atoms with Gasteiger partial charge in [0.15, 0.2) is 0 Å². The zero-order valence-electron chi connectivity index (χ0n) is 14.3. The quantitative estimate of drug-likeness (QED) is 0.916. The van der Waals surface area contributed by atoms with Gasteiger partial charge in [0.2, 0.25) is 0 Å². The molecule has 23 heavy (non-hydrogen) atoms. The van der Waals surface area contributed by atoms with E-state index in [9.17, 15) is 9.59 Å². The third-order valence-electron chi connectivity index (χ3n) is 3.89. The van der Waals surface area contributed by atoms with Crippen LogP contribution in [0.2, 0.25) is 0 Å². The van der Waals surface area contributed by atoms with Gasteiger partial charge >= 0.3 is 12.1 Å². The second-order valence-corrected chi connectivity index (χ2v) is 7.12. The molecule has 1 N–H and O–H groups in total. The molecule has 5 heteroatoms. The maximum Gasteiger partial charge on any atom is 0.414 e. The van der Waals surface area contributed by atoms with Gasteiger partial charge < -0.3 is 9.84 Å². The molecule has 0 aromatic heterocycles. The molecule has 5 nitrogen and oxygen atoms in total. The van der Waals surface area contributed by atoms with Crippen LogP contribution in [0.5, 0.6) is 0 Å². The number of aryl methyl sites for hydroxylation is 1. The van der Waals surface area contributed by atoms with Crippen LogP contribution in [0.4, 0.5) is 10.5 Å². The molecular weight excluding hydrogens is 294 g/mol.